The summed E-state index contributed by atoms with van der Waals surface area (Å²) in [6.45, 7) is 0. The van der Waals surface area contributed by atoms with Gasteiger partial charge in [0.1, 0.15) is 11.4 Å². The average molecular weight is 376 g/mol. The molecule has 0 atom stereocenters. The number of nitrogens with one attached hydrogen (secondary N) is 1. The molecule has 0 fully saturated rings. The number of anilines is 1. The Morgan fingerprint density at radius 3 is 2.43 bits per heavy atom. The molecule has 2 aromatic carbocycles. The van der Waals surface area contributed by atoms with E-state index in [1.807, 2.05) is 0 Å². The Labute approximate surface area is 146 Å². The number of hydrogen-bond acceptors (Lipinski definition) is 4. The van der Waals surface area contributed by atoms with Gasteiger partial charge in [-0.15, -0.1) is 0 Å². The first kappa shape index (κ1) is 17.3. The Kier molecular flexibility index (Phi) is 5.30. The van der Waals surface area contributed by atoms with Crippen LogP contribution in [0.2, 0.25) is 15.1 Å². The van der Waals surface area contributed by atoms with Gasteiger partial charge in [0, 0.05) is 0 Å². The highest BCUT2D eigenvalue weighted by Crippen LogP contribution is 2.34. The zero-order valence-electron chi connectivity index (χ0n) is 11.6. The smallest absolute Gasteiger partial charge is 0.296 e. The monoisotopic (exact) mass is 374 g/mol. The van der Waals surface area contributed by atoms with Crippen LogP contribution in [0.15, 0.2) is 30.3 Å². The molecule has 2 aromatic rings. The Balaban J connectivity index is 2.42. The molecule has 2 rings (SSSR count). The molecule has 1 amide bonds. The lowest BCUT2D eigenvalue weighted by Gasteiger charge is -2.10. The summed E-state index contributed by atoms with van der Waals surface area (Å²) in [5.41, 5.74) is -0.411. The van der Waals surface area contributed by atoms with Crippen LogP contribution in [-0.4, -0.2) is 17.9 Å². The molecule has 0 saturated heterocycles. The Morgan fingerprint density at radius 1 is 1.17 bits per heavy atom. The number of methoxy groups -OCH3 is 1. The molecular weight excluding hydrogens is 367 g/mol. The summed E-state index contributed by atoms with van der Waals surface area (Å²) in [5.74, 6) is -0.427. The first-order valence-corrected chi connectivity index (χ1v) is 7.25. The van der Waals surface area contributed by atoms with Crippen molar-refractivity contribution in [2.75, 3.05) is 12.4 Å². The van der Waals surface area contributed by atoms with E-state index in [0.29, 0.717) is 0 Å². The van der Waals surface area contributed by atoms with Gasteiger partial charge in [-0.1, -0.05) is 34.8 Å². The molecule has 0 aromatic heterocycles. The lowest BCUT2D eigenvalue weighted by atomic mass is 10.2. The fourth-order valence-electron chi connectivity index (χ4n) is 1.82. The van der Waals surface area contributed by atoms with Gasteiger partial charge in [-0.05, 0) is 24.3 Å². The predicted octanol–water partition coefficient (Wildman–Crippen LogP) is 4.82. The van der Waals surface area contributed by atoms with Gasteiger partial charge in [0.25, 0.3) is 11.6 Å². The maximum atomic E-state index is 12.3. The molecular formula is C14H9Cl3N2O4. The third kappa shape index (κ3) is 3.67. The summed E-state index contributed by atoms with van der Waals surface area (Å²) in [6.07, 6.45) is 0. The van der Waals surface area contributed by atoms with Crippen molar-refractivity contribution in [3.05, 3.63) is 61.1 Å². The number of halogens is 3. The summed E-state index contributed by atoms with van der Waals surface area (Å²) in [7, 11) is 1.38. The highest BCUT2D eigenvalue weighted by Gasteiger charge is 2.22. The highest BCUT2D eigenvalue weighted by atomic mass is 35.5. The van der Waals surface area contributed by atoms with Crippen LogP contribution in [0.4, 0.5) is 11.4 Å². The number of rotatable bonds is 4. The maximum Gasteiger partial charge on any atom is 0.296 e. The average Bonchev–Trinajstić information content (AvgIpc) is 2.51. The molecule has 0 heterocycles. The molecule has 0 aliphatic heterocycles. The predicted molar refractivity (Wildman–Crippen MR) is 89.1 cm³/mol. The van der Waals surface area contributed by atoms with Gasteiger partial charge in [-0.3, -0.25) is 14.9 Å². The molecule has 1 N–H and O–H groups in total. The largest absolute Gasteiger partial charge is 0.496 e. The van der Waals surface area contributed by atoms with E-state index < -0.39 is 10.8 Å². The first-order valence-electron chi connectivity index (χ1n) is 6.12. The van der Waals surface area contributed by atoms with Crippen LogP contribution in [0.1, 0.15) is 10.4 Å². The molecule has 9 heteroatoms. The van der Waals surface area contributed by atoms with Crippen LogP contribution in [0, 0.1) is 10.1 Å². The van der Waals surface area contributed by atoms with E-state index in [0.717, 1.165) is 0 Å². The second-order valence-corrected chi connectivity index (χ2v) is 5.50. The van der Waals surface area contributed by atoms with E-state index in [2.05, 4.69) is 5.32 Å². The van der Waals surface area contributed by atoms with Crippen LogP contribution >= 0.6 is 34.8 Å². The van der Waals surface area contributed by atoms with Gasteiger partial charge in [-0.2, -0.15) is 0 Å². The number of nitrogens with zero attached hydrogens (tertiary/aromatic N) is 1. The van der Waals surface area contributed by atoms with Crippen LogP contribution < -0.4 is 10.1 Å². The van der Waals surface area contributed by atoms with Crippen LogP contribution in [-0.2, 0) is 0 Å². The minimum Gasteiger partial charge on any atom is -0.496 e. The van der Waals surface area contributed by atoms with Crippen molar-refractivity contribution in [1.82, 2.24) is 0 Å². The van der Waals surface area contributed by atoms with Crippen molar-refractivity contribution in [2.24, 2.45) is 0 Å². The maximum absolute atomic E-state index is 12.3. The zero-order chi connectivity index (χ0) is 17.1. The number of nitro groups is 1. The number of hydrogen-bond donors (Lipinski definition) is 1. The Hall–Kier alpha value is -2.02. The molecule has 0 unspecified atom stereocenters. The minimum atomic E-state index is -0.712. The van der Waals surface area contributed by atoms with Crippen LogP contribution in [0.3, 0.4) is 0 Å². The summed E-state index contributed by atoms with van der Waals surface area (Å²) in [5, 5.41) is 13.7. The van der Waals surface area contributed by atoms with Crippen molar-refractivity contribution < 1.29 is 14.5 Å². The number of ether oxygens (including phenoxy) is 1. The van der Waals surface area contributed by atoms with E-state index in [-0.39, 0.29) is 37.8 Å². The van der Waals surface area contributed by atoms with E-state index >= 15 is 0 Å². The fraction of sp³-hybridized carbons (Fsp3) is 0.0714. The number of carbonyl (C=O) groups excluding carboxylic acids is 1. The normalized spacial score (nSPS) is 10.3. The van der Waals surface area contributed by atoms with Crippen molar-refractivity contribution in [1.29, 1.82) is 0 Å². The van der Waals surface area contributed by atoms with Gasteiger partial charge >= 0.3 is 0 Å². The summed E-state index contributed by atoms with van der Waals surface area (Å²) < 4.78 is 4.93. The quantitative estimate of drug-likeness (QED) is 0.472. The van der Waals surface area contributed by atoms with Gasteiger partial charge in [0.05, 0.1) is 38.7 Å². The Bertz CT molecular complexity index is 796. The third-order valence-corrected chi connectivity index (χ3v) is 4.04. The molecule has 0 radical (unpaired) electrons. The van der Waals surface area contributed by atoms with Gasteiger partial charge < -0.3 is 10.1 Å². The topological polar surface area (TPSA) is 81.5 Å². The number of carbonyl (C=O) groups is 1. The molecule has 23 heavy (non-hydrogen) atoms. The first-order chi connectivity index (χ1) is 10.8. The van der Waals surface area contributed by atoms with E-state index in [4.69, 9.17) is 39.5 Å². The molecule has 6 nitrogen and oxygen atoms in total. The van der Waals surface area contributed by atoms with E-state index in [1.54, 1.807) is 0 Å². The number of amides is 1. The lowest BCUT2D eigenvalue weighted by Crippen LogP contribution is -2.14. The molecule has 0 saturated carbocycles. The van der Waals surface area contributed by atoms with E-state index in [9.17, 15) is 14.9 Å². The van der Waals surface area contributed by atoms with Crippen LogP contribution in [0.5, 0.6) is 5.75 Å². The zero-order valence-corrected chi connectivity index (χ0v) is 13.9. The molecule has 0 aliphatic rings. The molecule has 0 bridgehead atoms. The second kappa shape index (κ2) is 7.04. The highest BCUT2D eigenvalue weighted by molar-refractivity contribution is 6.46. The molecule has 0 aliphatic carbocycles. The van der Waals surface area contributed by atoms with Crippen molar-refractivity contribution in [2.45, 2.75) is 0 Å². The van der Waals surface area contributed by atoms with Gasteiger partial charge in [0.15, 0.2) is 0 Å². The van der Waals surface area contributed by atoms with Crippen LogP contribution in [0.25, 0.3) is 0 Å². The minimum absolute atomic E-state index is 0.0205. The number of nitro benzene ring substituents is 1. The van der Waals surface area contributed by atoms with E-state index in [1.165, 1.54) is 37.4 Å². The Morgan fingerprint density at radius 2 is 1.83 bits per heavy atom. The summed E-state index contributed by atoms with van der Waals surface area (Å²) in [4.78, 5) is 22.8. The van der Waals surface area contributed by atoms with Gasteiger partial charge in [-0.25, -0.2) is 0 Å². The van der Waals surface area contributed by atoms with Crippen molar-refractivity contribution in [3.63, 3.8) is 0 Å². The standard InChI is InChI=1S/C14H9Cl3N2O4/c1-23-7-2-5-10(11(6-7)19(21)22)18-14(20)12-8(15)3-4-9(16)13(12)17/h2-6H,1H3,(H,18,20). The molecule has 0 spiro atoms. The SMILES string of the molecule is COc1ccc(NC(=O)c2c(Cl)ccc(Cl)c2Cl)c([N+](=O)[O-])c1. The third-order valence-electron chi connectivity index (χ3n) is 2.92. The van der Waals surface area contributed by atoms with Gasteiger partial charge in [0.2, 0.25) is 0 Å². The van der Waals surface area contributed by atoms with Crippen molar-refractivity contribution >= 4 is 52.1 Å². The summed E-state index contributed by atoms with van der Waals surface area (Å²) in [6, 6.07) is 6.87. The molecule has 120 valence electrons. The second-order valence-electron chi connectivity index (χ2n) is 4.31. The fourth-order valence-corrected chi connectivity index (χ4v) is 2.51. The summed E-state index contributed by atoms with van der Waals surface area (Å²) >= 11 is 17.8. The number of benzene rings is 2. The van der Waals surface area contributed by atoms with Crippen molar-refractivity contribution in [3.8, 4) is 5.75 Å². The lowest BCUT2D eigenvalue weighted by molar-refractivity contribution is -0.384.